The highest BCUT2D eigenvalue weighted by Crippen LogP contribution is 2.38. The van der Waals surface area contributed by atoms with Crippen LogP contribution in [0.1, 0.15) is 45.1 Å². The Morgan fingerprint density at radius 3 is 2.47 bits per heavy atom. The molecular weight excluding hydrogens is 246 g/mol. The Balaban J connectivity index is 2.05. The highest BCUT2D eigenvalue weighted by atomic mass is 19.2. The topological polar surface area (TPSA) is 20.2 Å². The van der Waals surface area contributed by atoms with Crippen molar-refractivity contribution in [2.45, 2.75) is 51.6 Å². The molecule has 3 heteroatoms. The maximum Gasteiger partial charge on any atom is 0.162 e. The molecule has 0 radical (unpaired) electrons. The summed E-state index contributed by atoms with van der Waals surface area (Å²) in [7, 11) is 0. The van der Waals surface area contributed by atoms with Gasteiger partial charge in [0.2, 0.25) is 0 Å². The van der Waals surface area contributed by atoms with Crippen LogP contribution in [0.5, 0.6) is 0 Å². The van der Waals surface area contributed by atoms with Gasteiger partial charge in [0.05, 0.1) is 5.60 Å². The summed E-state index contributed by atoms with van der Waals surface area (Å²) in [5, 5.41) is 10.6. The van der Waals surface area contributed by atoms with Crippen molar-refractivity contribution in [1.29, 1.82) is 0 Å². The van der Waals surface area contributed by atoms with Gasteiger partial charge >= 0.3 is 0 Å². The van der Waals surface area contributed by atoms with Crippen LogP contribution >= 0.6 is 0 Å². The van der Waals surface area contributed by atoms with Gasteiger partial charge in [0.25, 0.3) is 0 Å². The van der Waals surface area contributed by atoms with Crippen LogP contribution in [-0.4, -0.2) is 10.7 Å². The molecule has 1 N–H and O–H groups in total. The average molecular weight is 268 g/mol. The Morgan fingerprint density at radius 1 is 1.26 bits per heavy atom. The number of rotatable bonds is 3. The SMILES string of the molecule is CC(C)C1CCC(O)(Cc2cccc(F)c2F)CC1. The number of hydrogen-bond acceptors (Lipinski definition) is 1. The molecule has 0 aliphatic heterocycles. The van der Waals surface area contributed by atoms with Gasteiger partial charge in [-0.2, -0.15) is 0 Å². The second kappa shape index (κ2) is 5.58. The highest BCUT2D eigenvalue weighted by Gasteiger charge is 2.35. The van der Waals surface area contributed by atoms with E-state index in [1.807, 2.05) is 0 Å². The fraction of sp³-hybridized carbons (Fsp3) is 0.625. The van der Waals surface area contributed by atoms with Crippen LogP contribution in [0.2, 0.25) is 0 Å². The van der Waals surface area contributed by atoms with Crippen molar-refractivity contribution in [3.63, 3.8) is 0 Å². The lowest BCUT2D eigenvalue weighted by molar-refractivity contribution is -0.0153. The van der Waals surface area contributed by atoms with E-state index >= 15 is 0 Å². The minimum absolute atomic E-state index is 0.210. The van der Waals surface area contributed by atoms with E-state index in [1.54, 1.807) is 6.07 Å². The molecule has 2 rings (SSSR count). The number of halogens is 2. The van der Waals surface area contributed by atoms with Gasteiger partial charge in [-0.3, -0.25) is 0 Å². The number of aliphatic hydroxyl groups is 1. The molecule has 106 valence electrons. The lowest BCUT2D eigenvalue weighted by Crippen LogP contribution is -2.37. The largest absolute Gasteiger partial charge is 0.390 e. The third-order valence-electron chi connectivity index (χ3n) is 4.45. The van der Waals surface area contributed by atoms with Gasteiger partial charge in [-0.1, -0.05) is 26.0 Å². The summed E-state index contributed by atoms with van der Waals surface area (Å²) in [5.74, 6) is -0.396. The summed E-state index contributed by atoms with van der Waals surface area (Å²) in [5.41, 5.74) is -0.592. The zero-order valence-electron chi connectivity index (χ0n) is 11.6. The fourth-order valence-electron chi connectivity index (χ4n) is 3.06. The molecule has 1 aliphatic carbocycles. The minimum atomic E-state index is -0.875. The predicted octanol–water partition coefficient (Wildman–Crippen LogP) is 4.08. The van der Waals surface area contributed by atoms with Crippen molar-refractivity contribution in [2.75, 3.05) is 0 Å². The first-order valence-electron chi connectivity index (χ1n) is 7.06. The van der Waals surface area contributed by atoms with Crippen molar-refractivity contribution in [3.8, 4) is 0 Å². The van der Waals surface area contributed by atoms with Gasteiger partial charge < -0.3 is 5.11 Å². The molecular formula is C16H22F2O. The summed E-state index contributed by atoms with van der Waals surface area (Å²) in [4.78, 5) is 0. The number of benzene rings is 1. The van der Waals surface area contributed by atoms with Gasteiger partial charge in [-0.25, -0.2) is 8.78 Å². The molecule has 0 unspecified atom stereocenters. The van der Waals surface area contributed by atoms with E-state index in [2.05, 4.69) is 13.8 Å². The Morgan fingerprint density at radius 2 is 1.89 bits per heavy atom. The van der Waals surface area contributed by atoms with E-state index in [0.717, 1.165) is 18.9 Å². The van der Waals surface area contributed by atoms with Crippen molar-refractivity contribution in [3.05, 3.63) is 35.4 Å². The lowest BCUT2D eigenvalue weighted by atomic mass is 9.72. The quantitative estimate of drug-likeness (QED) is 0.875. The van der Waals surface area contributed by atoms with Crippen molar-refractivity contribution in [1.82, 2.24) is 0 Å². The zero-order valence-corrected chi connectivity index (χ0v) is 11.6. The van der Waals surface area contributed by atoms with Gasteiger partial charge in [-0.05, 0) is 49.1 Å². The second-order valence-electron chi connectivity index (χ2n) is 6.20. The minimum Gasteiger partial charge on any atom is -0.390 e. The lowest BCUT2D eigenvalue weighted by Gasteiger charge is -2.37. The summed E-state index contributed by atoms with van der Waals surface area (Å²) in [6.45, 7) is 4.39. The van der Waals surface area contributed by atoms with Gasteiger partial charge in [0.1, 0.15) is 0 Å². The predicted molar refractivity (Wildman–Crippen MR) is 71.8 cm³/mol. The Hall–Kier alpha value is -0.960. The van der Waals surface area contributed by atoms with Crippen molar-refractivity contribution >= 4 is 0 Å². The first-order valence-corrected chi connectivity index (χ1v) is 7.06. The van der Waals surface area contributed by atoms with Crippen LogP contribution < -0.4 is 0 Å². The molecule has 1 aromatic rings. The molecule has 0 aromatic heterocycles. The monoisotopic (exact) mass is 268 g/mol. The van der Waals surface area contributed by atoms with E-state index in [4.69, 9.17) is 0 Å². The molecule has 0 bridgehead atoms. The first-order chi connectivity index (χ1) is 8.91. The van der Waals surface area contributed by atoms with Crippen LogP contribution in [-0.2, 0) is 6.42 Å². The maximum absolute atomic E-state index is 13.6. The Bertz CT molecular complexity index is 434. The van der Waals surface area contributed by atoms with E-state index in [9.17, 15) is 13.9 Å². The summed E-state index contributed by atoms with van der Waals surface area (Å²) >= 11 is 0. The van der Waals surface area contributed by atoms with Gasteiger partial charge in [0.15, 0.2) is 11.6 Å². The average Bonchev–Trinajstić information content (AvgIpc) is 2.35. The molecule has 1 fully saturated rings. The van der Waals surface area contributed by atoms with Crippen LogP contribution in [0, 0.1) is 23.5 Å². The molecule has 0 atom stereocenters. The Kier molecular flexibility index (Phi) is 4.24. The molecule has 1 aromatic carbocycles. The van der Waals surface area contributed by atoms with E-state index in [1.165, 1.54) is 6.07 Å². The van der Waals surface area contributed by atoms with Crippen LogP contribution in [0.4, 0.5) is 8.78 Å². The molecule has 19 heavy (non-hydrogen) atoms. The van der Waals surface area contributed by atoms with Gasteiger partial charge in [-0.15, -0.1) is 0 Å². The van der Waals surface area contributed by atoms with E-state index < -0.39 is 17.2 Å². The van der Waals surface area contributed by atoms with Crippen LogP contribution in [0.3, 0.4) is 0 Å². The van der Waals surface area contributed by atoms with E-state index in [0.29, 0.717) is 24.7 Å². The van der Waals surface area contributed by atoms with E-state index in [-0.39, 0.29) is 12.0 Å². The molecule has 0 amide bonds. The van der Waals surface area contributed by atoms with Crippen molar-refractivity contribution in [2.24, 2.45) is 11.8 Å². The molecule has 1 saturated carbocycles. The summed E-state index contributed by atoms with van der Waals surface area (Å²) in [6.07, 6.45) is 3.48. The smallest absolute Gasteiger partial charge is 0.162 e. The normalized spacial score (nSPS) is 27.8. The maximum atomic E-state index is 13.6. The van der Waals surface area contributed by atoms with Gasteiger partial charge in [0, 0.05) is 6.42 Å². The van der Waals surface area contributed by atoms with Crippen LogP contribution in [0.15, 0.2) is 18.2 Å². The third-order valence-corrected chi connectivity index (χ3v) is 4.45. The zero-order chi connectivity index (χ0) is 14.0. The molecule has 0 spiro atoms. The first kappa shape index (κ1) is 14.4. The number of hydrogen-bond donors (Lipinski definition) is 1. The summed E-state index contributed by atoms with van der Waals surface area (Å²) in [6, 6.07) is 4.17. The Labute approximate surface area is 113 Å². The fourth-order valence-corrected chi connectivity index (χ4v) is 3.06. The molecule has 1 aliphatic rings. The molecule has 1 nitrogen and oxygen atoms in total. The molecule has 0 heterocycles. The molecule has 0 saturated heterocycles. The van der Waals surface area contributed by atoms with Crippen molar-refractivity contribution < 1.29 is 13.9 Å². The van der Waals surface area contributed by atoms with Crippen LogP contribution in [0.25, 0.3) is 0 Å². The summed E-state index contributed by atoms with van der Waals surface area (Å²) < 4.78 is 26.8. The third kappa shape index (κ3) is 3.33. The highest BCUT2D eigenvalue weighted by molar-refractivity contribution is 5.21. The second-order valence-corrected chi connectivity index (χ2v) is 6.20. The standard InChI is InChI=1S/C16H22F2O/c1-11(2)12-6-8-16(19,9-7-12)10-13-4-3-5-14(17)15(13)18/h3-5,11-12,19H,6-10H2,1-2H3.